The van der Waals surface area contributed by atoms with Gasteiger partial charge in [0, 0.05) is 24.7 Å². The molecule has 5 aromatic rings. The van der Waals surface area contributed by atoms with E-state index >= 15 is 0 Å². The Balaban J connectivity index is 1.21. The van der Waals surface area contributed by atoms with Gasteiger partial charge in [0.05, 0.1) is 24.8 Å². The molecule has 0 atom stereocenters. The zero-order valence-electron chi connectivity index (χ0n) is 23.1. The van der Waals surface area contributed by atoms with Gasteiger partial charge in [0.25, 0.3) is 0 Å². The number of nitrogens with zero attached hydrogens (tertiary/aromatic N) is 3. The summed E-state index contributed by atoms with van der Waals surface area (Å²) in [6, 6.07) is 14.9. The molecule has 3 aromatic carbocycles. The van der Waals surface area contributed by atoms with Crippen molar-refractivity contribution in [3.8, 4) is 23.0 Å². The van der Waals surface area contributed by atoms with Crippen LogP contribution in [0.2, 0.25) is 0 Å². The Morgan fingerprint density at radius 1 is 0.864 bits per heavy atom. The molecule has 5 rings (SSSR count). The van der Waals surface area contributed by atoms with E-state index in [1.165, 1.54) is 18.2 Å². The molecule has 0 radical (unpaired) electrons. The molecule has 0 saturated carbocycles. The van der Waals surface area contributed by atoms with Crippen molar-refractivity contribution in [1.82, 2.24) is 14.8 Å². The van der Waals surface area contributed by atoms with E-state index in [2.05, 4.69) is 20.7 Å². The molecule has 0 fully saturated rings. The van der Waals surface area contributed by atoms with E-state index in [1.54, 1.807) is 54.5 Å². The molecule has 44 heavy (non-hydrogen) atoms. The topological polar surface area (TPSA) is 109 Å². The normalized spacial score (nSPS) is 11.4. The van der Waals surface area contributed by atoms with Crippen molar-refractivity contribution in [2.24, 2.45) is 0 Å². The number of hydrogen-bond acceptors (Lipinski definition) is 7. The highest BCUT2D eigenvalue weighted by atomic mass is 19.4. The number of anilines is 2. The molecular weight excluding hydrogens is 586 g/mol. The zero-order chi connectivity index (χ0) is 31.1. The monoisotopic (exact) mass is 611 g/mol. The molecule has 228 valence electrons. The fourth-order valence-electron chi connectivity index (χ4n) is 4.01. The standard InChI is InChI=1S/C30H25F4N5O5/c1-41-14-15-42-18-39-28-24(17-36-39)26(12-13-35-28)43-23-9-4-20(5-10-23)37-29(40)38-21-6-11-27(25(16-21)30(32,33)34)44-22-7-2-19(31)3-8-22/h2-13,16-17H,14-15,18H2,1H3,(H2,37,38,40). The number of halogens is 4. The van der Waals surface area contributed by atoms with E-state index in [0.29, 0.717) is 41.4 Å². The molecule has 0 bridgehead atoms. The number of fused-ring (bicyclic) bond motifs is 1. The molecule has 2 amide bonds. The first-order valence-corrected chi connectivity index (χ1v) is 13.1. The van der Waals surface area contributed by atoms with Gasteiger partial charge in [-0.15, -0.1) is 0 Å². The van der Waals surface area contributed by atoms with Crippen LogP contribution in [0, 0.1) is 5.82 Å². The summed E-state index contributed by atoms with van der Waals surface area (Å²) in [5.41, 5.74) is -0.301. The highest BCUT2D eigenvalue weighted by Gasteiger charge is 2.35. The number of ether oxygens (including phenoxy) is 4. The molecule has 0 saturated heterocycles. The van der Waals surface area contributed by atoms with Gasteiger partial charge in [-0.05, 0) is 72.8 Å². The summed E-state index contributed by atoms with van der Waals surface area (Å²) in [6.45, 7) is 1.05. The molecule has 2 heterocycles. The molecule has 2 N–H and O–H groups in total. The van der Waals surface area contributed by atoms with Gasteiger partial charge in [0.1, 0.15) is 41.1 Å². The molecule has 0 unspecified atom stereocenters. The van der Waals surface area contributed by atoms with E-state index in [4.69, 9.17) is 18.9 Å². The smallest absolute Gasteiger partial charge is 0.420 e. The molecule has 0 aliphatic carbocycles. The lowest BCUT2D eigenvalue weighted by atomic mass is 10.1. The number of carbonyl (C=O) groups excluding carboxylic acids is 1. The van der Waals surface area contributed by atoms with Crippen molar-refractivity contribution in [2.45, 2.75) is 12.9 Å². The van der Waals surface area contributed by atoms with Gasteiger partial charge in [-0.25, -0.2) is 18.9 Å². The Hall–Kier alpha value is -5.21. The van der Waals surface area contributed by atoms with Crippen LogP contribution in [0.15, 0.2) is 85.2 Å². The largest absolute Gasteiger partial charge is 0.457 e. The van der Waals surface area contributed by atoms with Crippen molar-refractivity contribution in [3.05, 3.63) is 96.6 Å². The number of carbonyl (C=O) groups is 1. The van der Waals surface area contributed by atoms with Crippen LogP contribution in [0.5, 0.6) is 23.0 Å². The van der Waals surface area contributed by atoms with Crippen molar-refractivity contribution < 1.29 is 41.3 Å². The van der Waals surface area contributed by atoms with Crippen LogP contribution in [0.4, 0.5) is 33.7 Å². The van der Waals surface area contributed by atoms with E-state index < -0.39 is 29.3 Å². The van der Waals surface area contributed by atoms with Crippen LogP contribution in [-0.2, 0) is 22.4 Å². The average molecular weight is 612 g/mol. The number of aromatic nitrogens is 3. The lowest BCUT2D eigenvalue weighted by Gasteiger charge is -2.16. The molecule has 14 heteroatoms. The second kappa shape index (κ2) is 13.4. The van der Waals surface area contributed by atoms with Gasteiger partial charge < -0.3 is 29.6 Å². The number of nitrogens with one attached hydrogen (secondary N) is 2. The number of amides is 2. The van der Waals surface area contributed by atoms with E-state index in [0.717, 1.165) is 24.3 Å². The zero-order valence-corrected chi connectivity index (χ0v) is 23.1. The number of urea groups is 1. The van der Waals surface area contributed by atoms with Gasteiger partial charge in [0.15, 0.2) is 5.65 Å². The van der Waals surface area contributed by atoms with Gasteiger partial charge in [0.2, 0.25) is 0 Å². The third kappa shape index (κ3) is 7.59. The third-order valence-electron chi connectivity index (χ3n) is 6.07. The Labute approximate surface area is 248 Å². The summed E-state index contributed by atoms with van der Waals surface area (Å²) < 4.78 is 77.7. The first-order chi connectivity index (χ1) is 21.2. The van der Waals surface area contributed by atoms with Crippen molar-refractivity contribution in [2.75, 3.05) is 31.0 Å². The van der Waals surface area contributed by atoms with Crippen molar-refractivity contribution in [1.29, 1.82) is 0 Å². The summed E-state index contributed by atoms with van der Waals surface area (Å²) >= 11 is 0. The second-order valence-corrected chi connectivity index (χ2v) is 9.19. The summed E-state index contributed by atoms with van der Waals surface area (Å²) in [7, 11) is 1.58. The Morgan fingerprint density at radius 2 is 1.52 bits per heavy atom. The molecule has 10 nitrogen and oxygen atoms in total. The third-order valence-corrected chi connectivity index (χ3v) is 6.07. The van der Waals surface area contributed by atoms with Crippen LogP contribution in [-0.4, -0.2) is 41.1 Å². The fourth-order valence-corrected chi connectivity index (χ4v) is 4.01. The summed E-state index contributed by atoms with van der Waals surface area (Å²) in [6.07, 6.45) is -1.59. The SMILES string of the molecule is COCCOCn1ncc2c(Oc3ccc(NC(=O)Nc4ccc(Oc5ccc(F)cc5)c(C(F)(F)F)c4)cc3)ccnc21. The predicted molar refractivity (Wildman–Crippen MR) is 152 cm³/mol. The predicted octanol–water partition coefficient (Wildman–Crippen LogP) is 7.44. The van der Waals surface area contributed by atoms with Gasteiger partial charge in [-0.2, -0.15) is 18.3 Å². The van der Waals surface area contributed by atoms with Crippen LogP contribution in [0.3, 0.4) is 0 Å². The lowest BCUT2D eigenvalue weighted by Crippen LogP contribution is -2.20. The van der Waals surface area contributed by atoms with E-state index in [9.17, 15) is 22.4 Å². The molecular formula is C30H25F4N5O5. The maximum absolute atomic E-state index is 13.7. The number of methoxy groups -OCH3 is 1. The highest BCUT2D eigenvalue weighted by molar-refractivity contribution is 5.99. The molecule has 0 aliphatic rings. The highest BCUT2D eigenvalue weighted by Crippen LogP contribution is 2.40. The van der Waals surface area contributed by atoms with E-state index in [1.807, 2.05) is 0 Å². The number of alkyl halides is 3. The van der Waals surface area contributed by atoms with Crippen LogP contribution < -0.4 is 20.1 Å². The maximum Gasteiger partial charge on any atom is 0.420 e. The quantitative estimate of drug-likeness (QED) is 0.118. The summed E-state index contributed by atoms with van der Waals surface area (Å²) in [4.78, 5) is 16.9. The summed E-state index contributed by atoms with van der Waals surface area (Å²) in [5, 5.41) is 9.90. The minimum Gasteiger partial charge on any atom is -0.457 e. The Morgan fingerprint density at radius 3 is 2.23 bits per heavy atom. The summed E-state index contributed by atoms with van der Waals surface area (Å²) in [5.74, 6) is -0.0713. The minimum atomic E-state index is -4.78. The van der Waals surface area contributed by atoms with Crippen molar-refractivity contribution >= 4 is 28.4 Å². The van der Waals surface area contributed by atoms with Gasteiger partial charge in [-0.1, -0.05) is 0 Å². The van der Waals surface area contributed by atoms with Gasteiger partial charge >= 0.3 is 12.2 Å². The van der Waals surface area contributed by atoms with Crippen molar-refractivity contribution in [3.63, 3.8) is 0 Å². The van der Waals surface area contributed by atoms with Gasteiger partial charge in [-0.3, -0.25) is 0 Å². The first-order valence-electron chi connectivity index (χ1n) is 13.1. The average Bonchev–Trinajstić information content (AvgIpc) is 3.42. The Bertz CT molecular complexity index is 1730. The minimum absolute atomic E-state index is 0.0227. The molecule has 0 spiro atoms. The molecule has 0 aliphatic heterocycles. The van der Waals surface area contributed by atoms with Crippen LogP contribution >= 0.6 is 0 Å². The number of hydrogen-bond donors (Lipinski definition) is 2. The van der Waals surface area contributed by atoms with E-state index in [-0.39, 0.29) is 18.2 Å². The number of benzene rings is 3. The number of pyridine rings is 1. The second-order valence-electron chi connectivity index (χ2n) is 9.19. The van der Waals surface area contributed by atoms with Crippen LogP contribution in [0.25, 0.3) is 11.0 Å². The Kier molecular flexibility index (Phi) is 9.21. The van der Waals surface area contributed by atoms with Crippen LogP contribution in [0.1, 0.15) is 5.56 Å². The molecule has 2 aromatic heterocycles. The fraction of sp³-hybridized carbons (Fsp3) is 0.167. The lowest BCUT2D eigenvalue weighted by molar-refractivity contribution is -0.138. The number of rotatable bonds is 11. The maximum atomic E-state index is 13.7. The first kappa shape index (κ1) is 30.3.